The fraction of sp³-hybridized carbons (Fsp3) is 0. The third kappa shape index (κ3) is 1.60. The van der Waals surface area contributed by atoms with E-state index in [0.29, 0.717) is 0 Å². The molecule has 4 nitrogen and oxygen atoms in total. The number of sulfonamides is 1. The number of aromatic amines is 1. The van der Waals surface area contributed by atoms with Gasteiger partial charge in [0.1, 0.15) is 5.03 Å². The standard InChI is InChI=1S/C12H10N2O2S/c13-17(15,16)11-7-9-6-5-8-3-1-2-4-10(8)12(9)14-11/h1-7,14H,(H2,13,15,16). The maximum absolute atomic E-state index is 11.3. The molecule has 0 bridgehead atoms. The van der Waals surface area contributed by atoms with Crippen LogP contribution in [0.25, 0.3) is 21.7 Å². The van der Waals surface area contributed by atoms with E-state index in [1.165, 1.54) is 0 Å². The molecule has 0 unspecified atom stereocenters. The van der Waals surface area contributed by atoms with Crippen LogP contribution >= 0.6 is 0 Å². The number of benzene rings is 2. The molecule has 2 aromatic carbocycles. The molecule has 0 saturated heterocycles. The Bertz CT molecular complexity index is 819. The highest BCUT2D eigenvalue weighted by Crippen LogP contribution is 2.26. The second-order valence-electron chi connectivity index (χ2n) is 3.93. The summed E-state index contributed by atoms with van der Waals surface area (Å²) in [7, 11) is -3.69. The molecule has 17 heavy (non-hydrogen) atoms. The van der Waals surface area contributed by atoms with Crippen molar-refractivity contribution < 1.29 is 8.42 Å². The van der Waals surface area contributed by atoms with Crippen molar-refractivity contribution in [3.63, 3.8) is 0 Å². The van der Waals surface area contributed by atoms with Gasteiger partial charge in [0, 0.05) is 10.8 Å². The van der Waals surface area contributed by atoms with E-state index in [4.69, 9.17) is 5.14 Å². The Morgan fingerprint density at radius 1 is 1.00 bits per heavy atom. The van der Waals surface area contributed by atoms with Crippen LogP contribution in [0.3, 0.4) is 0 Å². The quantitative estimate of drug-likeness (QED) is 0.688. The van der Waals surface area contributed by atoms with Crippen molar-refractivity contribution in [3.05, 3.63) is 42.5 Å². The average molecular weight is 246 g/mol. The van der Waals surface area contributed by atoms with Crippen molar-refractivity contribution >= 4 is 31.7 Å². The third-order valence-electron chi connectivity index (χ3n) is 2.80. The van der Waals surface area contributed by atoms with Crippen LogP contribution < -0.4 is 5.14 Å². The van der Waals surface area contributed by atoms with Gasteiger partial charge in [0.05, 0.1) is 5.52 Å². The minimum Gasteiger partial charge on any atom is -0.344 e. The molecule has 0 saturated carbocycles. The monoisotopic (exact) mass is 246 g/mol. The van der Waals surface area contributed by atoms with Crippen molar-refractivity contribution in [1.82, 2.24) is 4.98 Å². The molecular weight excluding hydrogens is 236 g/mol. The van der Waals surface area contributed by atoms with Gasteiger partial charge in [0.15, 0.2) is 0 Å². The number of nitrogens with one attached hydrogen (secondary N) is 1. The minimum absolute atomic E-state index is 0.0452. The average Bonchev–Trinajstić information content (AvgIpc) is 2.72. The molecule has 3 aromatic rings. The van der Waals surface area contributed by atoms with E-state index >= 15 is 0 Å². The van der Waals surface area contributed by atoms with Crippen LogP contribution in [0.15, 0.2) is 47.5 Å². The lowest BCUT2D eigenvalue weighted by Gasteiger charge is -1.98. The summed E-state index contributed by atoms with van der Waals surface area (Å²) in [4.78, 5) is 2.87. The van der Waals surface area contributed by atoms with Crippen LogP contribution in [0.2, 0.25) is 0 Å². The van der Waals surface area contributed by atoms with Crippen LogP contribution in [0, 0.1) is 0 Å². The highest BCUT2D eigenvalue weighted by atomic mass is 32.2. The summed E-state index contributed by atoms with van der Waals surface area (Å²) < 4.78 is 22.6. The molecule has 1 aromatic heterocycles. The van der Waals surface area contributed by atoms with E-state index < -0.39 is 10.0 Å². The first-order chi connectivity index (χ1) is 8.05. The molecule has 3 N–H and O–H groups in total. The second kappa shape index (κ2) is 3.32. The van der Waals surface area contributed by atoms with E-state index in [0.717, 1.165) is 21.7 Å². The highest BCUT2D eigenvalue weighted by Gasteiger charge is 2.12. The third-order valence-corrected chi connectivity index (χ3v) is 3.64. The summed E-state index contributed by atoms with van der Waals surface area (Å²) in [6.07, 6.45) is 0. The van der Waals surface area contributed by atoms with Gasteiger partial charge in [-0.05, 0) is 11.5 Å². The number of H-pyrrole nitrogens is 1. The predicted molar refractivity (Wildman–Crippen MR) is 67.2 cm³/mol. The first kappa shape index (κ1) is 10.3. The summed E-state index contributed by atoms with van der Waals surface area (Å²) in [5.74, 6) is 0. The lowest BCUT2D eigenvalue weighted by atomic mass is 10.1. The number of aromatic nitrogens is 1. The molecule has 1 heterocycles. The Kier molecular flexibility index (Phi) is 2.01. The summed E-state index contributed by atoms with van der Waals surface area (Å²) in [6.45, 7) is 0. The molecular formula is C12H10N2O2S. The number of fused-ring (bicyclic) bond motifs is 3. The first-order valence-corrected chi connectivity index (χ1v) is 6.63. The Morgan fingerprint density at radius 3 is 2.47 bits per heavy atom. The molecule has 0 atom stereocenters. The number of nitrogens with two attached hydrogens (primary N) is 1. The topological polar surface area (TPSA) is 76.0 Å². The van der Waals surface area contributed by atoms with Crippen molar-refractivity contribution in [2.45, 2.75) is 5.03 Å². The van der Waals surface area contributed by atoms with E-state index in [1.807, 2.05) is 36.4 Å². The summed E-state index contributed by atoms with van der Waals surface area (Å²) >= 11 is 0. The van der Waals surface area contributed by atoms with Crippen LogP contribution in [-0.2, 0) is 10.0 Å². The number of hydrogen-bond donors (Lipinski definition) is 2. The Morgan fingerprint density at radius 2 is 1.71 bits per heavy atom. The fourth-order valence-corrected chi connectivity index (χ4v) is 2.54. The predicted octanol–water partition coefficient (Wildman–Crippen LogP) is 1.97. The van der Waals surface area contributed by atoms with Crippen molar-refractivity contribution in [2.75, 3.05) is 0 Å². The number of primary sulfonamides is 1. The van der Waals surface area contributed by atoms with Gasteiger partial charge in [-0.1, -0.05) is 36.4 Å². The van der Waals surface area contributed by atoms with Gasteiger partial charge >= 0.3 is 0 Å². The van der Waals surface area contributed by atoms with Gasteiger partial charge in [-0.25, -0.2) is 13.6 Å². The van der Waals surface area contributed by atoms with Gasteiger partial charge < -0.3 is 4.98 Å². The van der Waals surface area contributed by atoms with Crippen LogP contribution in [0.5, 0.6) is 0 Å². The summed E-state index contributed by atoms with van der Waals surface area (Å²) in [5.41, 5.74) is 0.798. The maximum Gasteiger partial charge on any atom is 0.253 e. The Balaban J connectivity index is 2.47. The highest BCUT2D eigenvalue weighted by molar-refractivity contribution is 7.89. The molecule has 0 radical (unpaired) electrons. The summed E-state index contributed by atoms with van der Waals surface area (Å²) in [6, 6.07) is 13.2. The lowest BCUT2D eigenvalue weighted by molar-refractivity contribution is 0.595. The lowest BCUT2D eigenvalue weighted by Crippen LogP contribution is -2.12. The Labute approximate surface area is 98.1 Å². The van der Waals surface area contributed by atoms with Crippen molar-refractivity contribution in [1.29, 1.82) is 0 Å². The largest absolute Gasteiger partial charge is 0.344 e. The molecule has 0 aliphatic heterocycles. The zero-order valence-electron chi connectivity index (χ0n) is 8.84. The zero-order valence-corrected chi connectivity index (χ0v) is 9.66. The van der Waals surface area contributed by atoms with E-state index in [1.54, 1.807) is 6.07 Å². The van der Waals surface area contributed by atoms with E-state index in [-0.39, 0.29) is 5.03 Å². The molecule has 0 fully saturated rings. The SMILES string of the molecule is NS(=O)(=O)c1cc2ccc3ccccc3c2[nH]1. The van der Waals surface area contributed by atoms with Gasteiger partial charge in [-0.3, -0.25) is 0 Å². The minimum atomic E-state index is -3.69. The molecule has 0 aliphatic rings. The smallest absolute Gasteiger partial charge is 0.253 e. The maximum atomic E-state index is 11.3. The molecule has 3 rings (SSSR count). The fourth-order valence-electron chi connectivity index (χ4n) is 2.00. The first-order valence-electron chi connectivity index (χ1n) is 5.09. The molecule has 0 amide bonds. The summed E-state index contributed by atoms with van der Waals surface area (Å²) in [5, 5.41) is 8.04. The normalized spacial score (nSPS) is 12.3. The second-order valence-corrected chi connectivity index (χ2v) is 5.46. The van der Waals surface area contributed by atoms with E-state index in [2.05, 4.69) is 4.98 Å². The van der Waals surface area contributed by atoms with Crippen molar-refractivity contribution in [3.8, 4) is 0 Å². The van der Waals surface area contributed by atoms with Crippen LogP contribution in [-0.4, -0.2) is 13.4 Å². The Hall–Kier alpha value is -1.85. The number of hydrogen-bond acceptors (Lipinski definition) is 2. The molecule has 0 aliphatic carbocycles. The van der Waals surface area contributed by atoms with Crippen molar-refractivity contribution in [2.24, 2.45) is 5.14 Å². The van der Waals surface area contributed by atoms with Crippen LogP contribution in [0.1, 0.15) is 0 Å². The van der Waals surface area contributed by atoms with Gasteiger partial charge in [0.25, 0.3) is 10.0 Å². The molecule has 5 heteroatoms. The van der Waals surface area contributed by atoms with Gasteiger partial charge in [0.2, 0.25) is 0 Å². The molecule has 0 spiro atoms. The molecule has 86 valence electrons. The zero-order chi connectivity index (χ0) is 12.0. The number of rotatable bonds is 1. The van der Waals surface area contributed by atoms with E-state index in [9.17, 15) is 8.42 Å². The van der Waals surface area contributed by atoms with Crippen LogP contribution in [0.4, 0.5) is 0 Å². The van der Waals surface area contributed by atoms with Gasteiger partial charge in [-0.2, -0.15) is 0 Å². The van der Waals surface area contributed by atoms with Gasteiger partial charge in [-0.15, -0.1) is 0 Å².